The van der Waals surface area contributed by atoms with Crippen LogP contribution in [-0.4, -0.2) is 53.4 Å². The van der Waals surface area contributed by atoms with Gasteiger partial charge in [-0.25, -0.2) is 9.97 Å². The third-order valence-electron chi connectivity index (χ3n) is 5.92. The summed E-state index contributed by atoms with van der Waals surface area (Å²) in [5, 5.41) is 7.10. The van der Waals surface area contributed by atoms with E-state index < -0.39 is 0 Å². The number of rotatable bonds is 6. The number of aryl methyl sites for hydroxylation is 2. The lowest BCUT2D eigenvalue weighted by Gasteiger charge is -2.23. The molecule has 8 heteroatoms. The van der Waals surface area contributed by atoms with Gasteiger partial charge in [-0.05, 0) is 45.6 Å². The number of nitrogens with zero attached hydrogens (tertiary/aromatic N) is 4. The van der Waals surface area contributed by atoms with Crippen molar-refractivity contribution < 1.29 is 14.1 Å². The highest BCUT2D eigenvalue weighted by Gasteiger charge is 2.27. The van der Waals surface area contributed by atoms with Gasteiger partial charge in [0, 0.05) is 62.1 Å². The molecule has 0 saturated carbocycles. The second kappa shape index (κ2) is 8.90. The van der Waals surface area contributed by atoms with Gasteiger partial charge in [-0.2, -0.15) is 0 Å². The third kappa shape index (κ3) is 4.75. The van der Waals surface area contributed by atoms with E-state index >= 15 is 0 Å². The highest BCUT2D eigenvalue weighted by atomic mass is 16.5. The smallest absolute Gasteiger partial charge is 0.225 e. The first kappa shape index (κ1) is 19.8. The molecule has 0 aliphatic carbocycles. The predicted octanol–water partition coefficient (Wildman–Crippen LogP) is 2.30. The van der Waals surface area contributed by atoms with Gasteiger partial charge < -0.3 is 19.5 Å². The van der Waals surface area contributed by atoms with Crippen LogP contribution in [0.4, 0.5) is 5.95 Å². The molecule has 2 aromatic rings. The van der Waals surface area contributed by atoms with Crippen molar-refractivity contribution >= 4 is 11.9 Å². The summed E-state index contributed by atoms with van der Waals surface area (Å²) in [4.78, 5) is 23.8. The van der Waals surface area contributed by atoms with Gasteiger partial charge in [0.15, 0.2) is 0 Å². The Morgan fingerprint density at radius 3 is 2.86 bits per heavy atom. The molecule has 0 spiro atoms. The Balaban J connectivity index is 1.29. The van der Waals surface area contributed by atoms with E-state index in [0.29, 0.717) is 18.8 Å². The van der Waals surface area contributed by atoms with Crippen molar-refractivity contribution in [3.8, 4) is 0 Å². The van der Waals surface area contributed by atoms with Crippen molar-refractivity contribution in [2.24, 2.45) is 0 Å². The number of anilines is 1. The minimum absolute atomic E-state index is 0.0636. The topological polar surface area (TPSA) is 93.4 Å². The molecular formula is C21H29N5O3. The largest absolute Gasteiger partial charge is 0.381 e. The van der Waals surface area contributed by atoms with Crippen LogP contribution in [0.25, 0.3) is 0 Å². The fourth-order valence-electron chi connectivity index (χ4n) is 4.19. The maximum Gasteiger partial charge on any atom is 0.225 e. The van der Waals surface area contributed by atoms with Gasteiger partial charge in [0.2, 0.25) is 11.9 Å². The van der Waals surface area contributed by atoms with Crippen LogP contribution in [0.2, 0.25) is 0 Å². The van der Waals surface area contributed by atoms with E-state index in [1.54, 1.807) is 0 Å². The molecule has 2 aliphatic rings. The zero-order valence-corrected chi connectivity index (χ0v) is 17.2. The van der Waals surface area contributed by atoms with Crippen molar-refractivity contribution in [2.45, 2.75) is 57.9 Å². The molecule has 4 rings (SSSR count). The Morgan fingerprint density at radius 2 is 2.10 bits per heavy atom. The number of amides is 1. The molecule has 1 amide bonds. The van der Waals surface area contributed by atoms with Gasteiger partial charge >= 0.3 is 0 Å². The zero-order valence-electron chi connectivity index (χ0n) is 17.2. The molecule has 2 aromatic heterocycles. The normalized spacial score (nSPS) is 20.2. The lowest BCUT2D eigenvalue weighted by Crippen LogP contribution is -2.37. The second-order valence-electron chi connectivity index (χ2n) is 7.97. The summed E-state index contributed by atoms with van der Waals surface area (Å²) in [5.41, 5.74) is 3.00. The molecule has 1 unspecified atom stereocenters. The number of hydrogen-bond acceptors (Lipinski definition) is 7. The van der Waals surface area contributed by atoms with Crippen molar-refractivity contribution in [1.29, 1.82) is 0 Å². The first-order valence-electron chi connectivity index (χ1n) is 10.5. The van der Waals surface area contributed by atoms with Crippen LogP contribution in [-0.2, 0) is 16.0 Å². The van der Waals surface area contributed by atoms with E-state index in [1.165, 1.54) is 0 Å². The molecule has 1 atom stereocenters. The first-order chi connectivity index (χ1) is 14.1. The van der Waals surface area contributed by atoms with Gasteiger partial charge in [0.25, 0.3) is 0 Å². The number of nitrogens with one attached hydrogen (secondary N) is 1. The average molecular weight is 399 g/mol. The zero-order chi connectivity index (χ0) is 20.2. The van der Waals surface area contributed by atoms with Gasteiger partial charge in [-0.1, -0.05) is 5.16 Å². The van der Waals surface area contributed by atoms with E-state index in [-0.39, 0.29) is 11.9 Å². The van der Waals surface area contributed by atoms with Crippen LogP contribution < -0.4 is 10.2 Å². The Hall–Kier alpha value is -2.48. The predicted molar refractivity (Wildman–Crippen MR) is 108 cm³/mol. The molecule has 2 fully saturated rings. The number of carbonyl (C=O) groups excluding carboxylic acids is 1. The summed E-state index contributed by atoms with van der Waals surface area (Å²) in [5.74, 6) is 2.08. The van der Waals surface area contributed by atoms with Gasteiger partial charge in [-0.15, -0.1) is 0 Å². The molecule has 0 aromatic carbocycles. The maximum absolute atomic E-state index is 12.4. The van der Waals surface area contributed by atoms with Crippen LogP contribution in [0.3, 0.4) is 0 Å². The van der Waals surface area contributed by atoms with Crippen molar-refractivity contribution in [3.63, 3.8) is 0 Å². The van der Waals surface area contributed by atoms with E-state index in [4.69, 9.17) is 14.2 Å². The van der Waals surface area contributed by atoms with Crippen LogP contribution in [0.15, 0.2) is 16.8 Å². The minimum Gasteiger partial charge on any atom is -0.381 e. The van der Waals surface area contributed by atoms with Gasteiger partial charge in [0.05, 0.1) is 5.69 Å². The Kier molecular flexibility index (Phi) is 6.08. The van der Waals surface area contributed by atoms with Gasteiger partial charge in [0.1, 0.15) is 5.76 Å². The van der Waals surface area contributed by atoms with E-state index in [1.807, 2.05) is 26.1 Å². The van der Waals surface area contributed by atoms with E-state index in [0.717, 1.165) is 74.2 Å². The maximum atomic E-state index is 12.4. The second-order valence-corrected chi connectivity index (χ2v) is 7.97. The SMILES string of the molecule is Cc1noc(C)c1CCC(=O)NC1CCN(c2nccc(C3CCOCC3)n2)C1. The van der Waals surface area contributed by atoms with Crippen molar-refractivity contribution in [2.75, 3.05) is 31.2 Å². The Bertz CT molecular complexity index is 827. The highest BCUT2D eigenvalue weighted by molar-refractivity contribution is 5.76. The summed E-state index contributed by atoms with van der Waals surface area (Å²) >= 11 is 0. The van der Waals surface area contributed by atoms with Crippen molar-refractivity contribution in [3.05, 3.63) is 35.0 Å². The fourth-order valence-corrected chi connectivity index (χ4v) is 4.19. The van der Waals surface area contributed by atoms with Crippen LogP contribution >= 0.6 is 0 Å². The summed E-state index contributed by atoms with van der Waals surface area (Å²) in [6.45, 7) is 7.00. The molecule has 1 N–H and O–H groups in total. The minimum atomic E-state index is 0.0636. The number of carbonyl (C=O) groups is 1. The summed E-state index contributed by atoms with van der Waals surface area (Å²) in [7, 11) is 0. The average Bonchev–Trinajstić information content (AvgIpc) is 3.34. The summed E-state index contributed by atoms with van der Waals surface area (Å²) in [6.07, 6.45) is 5.87. The highest BCUT2D eigenvalue weighted by Crippen LogP contribution is 2.27. The first-order valence-corrected chi connectivity index (χ1v) is 10.5. The van der Waals surface area contributed by atoms with Crippen LogP contribution in [0, 0.1) is 13.8 Å². The quantitative estimate of drug-likeness (QED) is 0.796. The summed E-state index contributed by atoms with van der Waals surface area (Å²) in [6, 6.07) is 2.14. The molecule has 0 radical (unpaired) electrons. The Morgan fingerprint density at radius 1 is 1.28 bits per heavy atom. The standard InChI is InChI=1S/C21H29N5O3/c1-14-18(15(2)29-25-14)3-4-20(27)23-17-6-10-26(13-17)21-22-9-5-19(24-21)16-7-11-28-12-8-16/h5,9,16-17H,3-4,6-8,10-13H2,1-2H3,(H,23,27). The molecule has 0 bridgehead atoms. The lowest BCUT2D eigenvalue weighted by atomic mass is 9.96. The monoisotopic (exact) mass is 399 g/mol. The molecule has 2 saturated heterocycles. The molecule has 2 aliphatic heterocycles. The molecule has 156 valence electrons. The molecular weight excluding hydrogens is 370 g/mol. The van der Waals surface area contributed by atoms with Crippen LogP contribution in [0.5, 0.6) is 0 Å². The lowest BCUT2D eigenvalue weighted by molar-refractivity contribution is -0.121. The molecule has 4 heterocycles. The van der Waals surface area contributed by atoms with Gasteiger partial charge in [-0.3, -0.25) is 4.79 Å². The fraction of sp³-hybridized carbons (Fsp3) is 0.619. The van der Waals surface area contributed by atoms with Crippen LogP contribution in [0.1, 0.15) is 54.3 Å². The number of aromatic nitrogens is 3. The number of hydrogen-bond donors (Lipinski definition) is 1. The Labute approximate surface area is 171 Å². The molecule has 8 nitrogen and oxygen atoms in total. The van der Waals surface area contributed by atoms with E-state index in [9.17, 15) is 4.79 Å². The van der Waals surface area contributed by atoms with Crippen molar-refractivity contribution in [1.82, 2.24) is 20.4 Å². The third-order valence-corrected chi connectivity index (χ3v) is 5.92. The number of ether oxygens (including phenoxy) is 1. The summed E-state index contributed by atoms with van der Waals surface area (Å²) < 4.78 is 10.6. The molecule has 29 heavy (non-hydrogen) atoms. The van der Waals surface area contributed by atoms with E-state index in [2.05, 4.69) is 20.4 Å².